The highest BCUT2D eigenvalue weighted by Gasteiger charge is 2.22. The molecule has 0 aliphatic carbocycles. The van der Waals surface area contributed by atoms with Crippen LogP contribution in [0.4, 0.5) is 8.78 Å². The van der Waals surface area contributed by atoms with E-state index in [4.69, 9.17) is 16.3 Å². The first-order valence-electron chi connectivity index (χ1n) is 4.73. The van der Waals surface area contributed by atoms with E-state index in [1.54, 1.807) is 6.92 Å². The molecule has 1 rings (SSSR count). The third kappa shape index (κ3) is 2.50. The van der Waals surface area contributed by atoms with Crippen molar-refractivity contribution in [1.29, 1.82) is 0 Å². The first kappa shape index (κ1) is 12.9. The summed E-state index contributed by atoms with van der Waals surface area (Å²) in [7, 11) is 0. The van der Waals surface area contributed by atoms with E-state index in [1.165, 1.54) is 19.1 Å². The maximum atomic E-state index is 12.8. The van der Waals surface area contributed by atoms with Gasteiger partial charge in [-0.05, 0) is 26.0 Å². The number of ether oxygens (including phenoxy) is 1. The zero-order valence-electron chi connectivity index (χ0n) is 8.89. The summed E-state index contributed by atoms with van der Waals surface area (Å²) < 4.78 is 30.6. The van der Waals surface area contributed by atoms with Crippen molar-refractivity contribution in [3.8, 4) is 5.75 Å². The third-order valence-corrected chi connectivity index (χ3v) is 2.43. The van der Waals surface area contributed by atoms with Crippen LogP contribution in [-0.2, 0) is 0 Å². The highest BCUT2D eigenvalue weighted by Crippen LogP contribution is 2.37. The van der Waals surface area contributed by atoms with Gasteiger partial charge in [-0.25, -0.2) is 8.78 Å². The highest BCUT2D eigenvalue weighted by atomic mass is 35.5. The average Bonchev–Trinajstić information content (AvgIpc) is 2.20. The van der Waals surface area contributed by atoms with Gasteiger partial charge >= 0.3 is 0 Å². The fraction of sp³-hybridized carbons (Fsp3) is 0.364. The van der Waals surface area contributed by atoms with Gasteiger partial charge in [-0.2, -0.15) is 0 Å². The second-order valence-electron chi connectivity index (χ2n) is 3.13. The van der Waals surface area contributed by atoms with Gasteiger partial charge in [0.1, 0.15) is 5.75 Å². The summed E-state index contributed by atoms with van der Waals surface area (Å²) in [4.78, 5) is 11.2. The van der Waals surface area contributed by atoms with E-state index in [2.05, 4.69) is 0 Å². The van der Waals surface area contributed by atoms with Gasteiger partial charge in [0.15, 0.2) is 5.78 Å². The zero-order chi connectivity index (χ0) is 12.3. The van der Waals surface area contributed by atoms with Crippen molar-refractivity contribution in [3.05, 3.63) is 28.3 Å². The van der Waals surface area contributed by atoms with Gasteiger partial charge < -0.3 is 4.74 Å². The van der Waals surface area contributed by atoms with Crippen molar-refractivity contribution >= 4 is 17.4 Å². The van der Waals surface area contributed by atoms with Crippen molar-refractivity contribution in [2.24, 2.45) is 0 Å². The minimum absolute atomic E-state index is 0.0662. The largest absolute Gasteiger partial charge is 0.492 e. The maximum absolute atomic E-state index is 12.8. The van der Waals surface area contributed by atoms with Crippen molar-refractivity contribution in [3.63, 3.8) is 0 Å². The fourth-order valence-electron chi connectivity index (χ4n) is 1.36. The Morgan fingerprint density at radius 3 is 2.56 bits per heavy atom. The van der Waals surface area contributed by atoms with E-state index < -0.39 is 17.8 Å². The highest BCUT2D eigenvalue weighted by molar-refractivity contribution is 6.33. The van der Waals surface area contributed by atoms with E-state index >= 15 is 0 Å². The molecule has 0 unspecified atom stereocenters. The molecule has 16 heavy (non-hydrogen) atoms. The number of hydrogen-bond donors (Lipinski definition) is 0. The summed E-state index contributed by atoms with van der Waals surface area (Å²) in [5.74, 6) is -0.273. The Balaban J connectivity index is 3.35. The Morgan fingerprint density at radius 1 is 1.50 bits per heavy atom. The van der Waals surface area contributed by atoms with Crippen molar-refractivity contribution in [2.45, 2.75) is 20.3 Å². The zero-order valence-corrected chi connectivity index (χ0v) is 9.65. The van der Waals surface area contributed by atoms with Crippen LogP contribution < -0.4 is 4.74 Å². The molecular formula is C11H11ClF2O2. The number of carbonyl (C=O) groups is 1. The van der Waals surface area contributed by atoms with Crippen LogP contribution >= 0.6 is 11.6 Å². The molecule has 0 aliphatic rings. The van der Waals surface area contributed by atoms with Crippen LogP contribution in [0.2, 0.25) is 5.02 Å². The third-order valence-electron chi connectivity index (χ3n) is 2.04. The maximum Gasteiger partial charge on any atom is 0.266 e. The van der Waals surface area contributed by atoms with Crippen LogP contribution in [0.15, 0.2) is 12.1 Å². The quantitative estimate of drug-likeness (QED) is 0.756. The molecule has 0 aliphatic heterocycles. The lowest BCUT2D eigenvalue weighted by atomic mass is 10.0. The first-order valence-corrected chi connectivity index (χ1v) is 5.11. The molecule has 0 radical (unpaired) electrons. The fourth-order valence-corrected chi connectivity index (χ4v) is 1.66. The molecule has 0 amide bonds. The van der Waals surface area contributed by atoms with Crippen LogP contribution in [0, 0.1) is 0 Å². The number of alkyl halides is 2. The minimum Gasteiger partial charge on any atom is -0.492 e. The number of hydrogen-bond acceptors (Lipinski definition) is 2. The summed E-state index contributed by atoms with van der Waals surface area (Å²) in [6, 6.07) is 2.73. The molecule has 0 saturated heterocycles. The number of carbonyl (C=O) groups excluding carboxylic acids is 1. The lowest BCUT2D eigenvalue weighted by molar-refractivity contribution is 0.0999. The molecule has 0 aromatic heterocycles. The molecule has 0 N–H and O–H groups in total. The van der Waals surface area contributed by atoms with E-state index in [9.17, 15) is 13.6 Å². The number of rotatable bonds is 4. The Bertz CT molecular complexity index is 405. The minimum atomic E-state index is -2.80. The Morgan fingerprint density at radius 2 is 2.12 bits per heavy atom. The summed E-state index contributed by atoms with van der Waals surface area (Å²) in [5.41, 5.74) is -0.524. The van der Waals surface area contributed by atoms with E-state index in [0.29, 0.717) is 6.61 Å². The SMILES string of the molecule is CCOc1ccc(C(C)=O)c(C(F)F)c1Cl. The summed E-state index contributed by atoms with van der Waals surface area (Å²) >= 11 is 5.77. The Kier molecular flexibility index (Phi) is 4.24. The van der Waals surface area contributed by atoms with Gasteiger partial charge in [-0.15, -0.1) is 0 Å². The monoisotopic (exact) mass is 248 g/mol. The molecule has 0 heterocycles. The van der Waals surface area contributed by atoms with E-state index in [1.807, 2.05) is 0 Å². The average molecular weight is 249 g/mol. The van der Waals surface area contributed by atoms with Crippen molar-refractivity contribution in [1.82, 2.24) is 0 Å². The standard InChI is InChI=1S/C11H11ClF2O2/c1-3-16-8-5-4-7(6(2)15)9(10(8)12)11(13)14/h4-5,11H,3H2,1-2H3. The Hall–Kier alpha value is -1.16. The lowest BCUT2D eigenvalue weighted by Crippen LogP contribution is -2.03. The molecule has 0 fully saturated rings. The second-order valence-corrected chi connectivity index (χ2v) is 3.51. The van der Waals surface area contributed by atoms with Gasteiger partial charge in [0, 0.05) is 5.56 Å². The predicted octanol–water partition coefficient (Wildman–Crippen LogP) is 3.88. The molecule has 1 aromatic carbocycles. The van der Waals surface area contributed by atoms with Crippen LogP contribution in [-0.4, -0.2) is 12.4 Å². The van der Waals surface area contributed by atoms with Crippen LogP contribution in [0.3, 0.4) is 0 Å². The van der Waals surface area contributed by atoms with Crippen LogP contribution in [0.25, 0.3) is 0 Å². The van der Waals surface area contributed by atoms with E-state index in [-0.39, 0.29) is 16.3 Å². The van der Waals surface area contributed by atoms with Crippen molar-refractivity contribution in [2.75, 3.05) is 6.61 Å². The van der Waals surface area contributed by atoms with Gasteiger partial charge in [-0.1, -0.05) is 11.6 Å². The summed E-state index contributed by atoms with van der Waals surface area (Å²) in [6.45, 7) is 3.26. The molecule has 1 aromatic rings. The molecule has 2 nitrogen and oxygen atoms in total. The predicted molar refractivity (Wildman–Crippen MR) is 57.6 cm³/mol. The molecule has 5 heteroatoms. The van der Waals surface area contributed by atoms with Gasteiger partial charge in [-0.3, -0.25) is 4.79 Å². The van der Waals surface area contributed by atoms with Crippen LogP contribution in [0.5, 0.6) is 5.75 Å². The lowest BCUT2D eigenvalue weighted by Gasteiger charge is -2.12. The number of Topliss-reactive ketones (excluding diaryl/α,β-unsaturated/α-hetero) is 1. The molecule has 0 saturated carbocycles. The Labute approximate surface area is 97.2 Å². The smallest absolute Gasteiger partial charge is 0.266 e. The summed E-state index contributed by atoms with van der Waals surface area (Å²) in [6.07, 6.45) is -2.80. The number of benzene rings is 1. The van der Waals surface area contributed by atoms with Gasteiger partial charge in [0.05, 0.1) is 17.2 Å². The van der Waals surface area contributed by atoms with Gasteiger partial charge in [0.25, 0.3) is 6.43 Å². The van der Waals surface area contributed by atoms with E-state index in [0.717, 1.165) is 0 Å². The second kappa shape index (κ2) is 5.25. The number of halogens is 3. The van der Waals surface area contributed by atoms with Crippen LogP contribution in [0.1, 0.15) is 36.2 Å². The molecular weight excluding hydrogens is 238 g/mol. The summed E-state index contributed by atoms with van der Waals surface area (Å²) in [5, 5.41) is -0.190. The molecule has 0 bridgehead atoms. The van der Waals surface area contributed by atoms with Crippen molar-refractivity contribution < 1.29 is 18.3 Å². The molecule has 0 spiro atoms. The molecule has 0 atom stereocenters. The number of ketones is 1. The molecule has 88 valence electrons. The van der Waals surface area contributed by atoms with Gasteiger partial charge in [0.2, 0.25) is 0 Å². The normalized spacial score (nSPS) is 10.6. The first-order chi connectivity index (χ1) is 7.49. The topological polar surface area (TPSA) is 26.3 Å².